The molecule has 0 aliphatic carbocycles. The van der Waals surface area contributed by atoms with Gasteiger partial charge in [-0.25, -0.2) is 0 Å². The minimum atomic E-state index is -4.83. The summed E-state index contributed by atoms with van der Waals surface area (Å²) in [5, 5.41) is 80.8. The van der Waals surface area contributed by atoms with E-state index in [0.29, 0.717) is 0 Å². The molecule has 2 rings (SSSR count). The van der Waals surface area contributed by atoms with E-state index in [2.05, 4.69) is 14.2 Å². The van der Waals surface area contributed by atoms with E-state index in [1.165, 1.54) is 0 Å². The normalized spacial score (nSPS) is 93.7. The van der Waals surface area contributed by atoms with E-state index in [1.54, 1.807) is 0 Å². The van der Waals surface area contributed by atoms with Gasteiger partial charge >= 0.3 is 0 Å². The molecule has 2 aliphatic heterocycles. The summed E-state index contributed by atoms with van der Waals surface area (Å²) >= 11 is 0. The Labute approximate surface area is 150 Å². The second-order valence-corrected chi connectivity index (χ2v) is 3.85. The lowest BCUT2D eigenvalue weighted by molar-refractivity contribution is -0.376. The molecule has 2 heterocycles. The maximum atomic E-state index is 10.4. The zero-order valence-corrected chi connectivity index (χ0v) is 10.8. The monoisotopic (exact) mass is 356 g/mol. The molecule has 0 amide bonds. The smallest absolute Gasteiger partial charge is 0.189 e. The molecule has 136 valence electrons. The Kier molecular flexibility index (Phi) is 2.47. The van der Waals surface area contributed by atoms with Crippen LogP contribution < -0.4 is 0 Å². The van der Waals surface area contributed by atoms with Crippen LogP contribution in [0.5, 0.6) is 0 Å². The van der Waals surface area contributed by atoms with E-state index in [4.69, 9.17) is 19.2 Å². The molecule has 0 spiro atoms. The highest BCUT2D eigenvalue weighted by atomic mass is 16.8. The van der Waals surface area contributed by atoms with Crippen molar-refractivity contribution in [3.05, 3.63) is 0 Å². The Hall–Kier alpha value is -0.440. The van der Waals surface area contributed by atoms with Crippen molar-refractivity contribution in [3.8, 4) is 0 Å². The molecule has 0 aromatic heterocycles. The summed E-state index contributed by atoms with van der Waals surface area (Å²) in [5.74, 6) is 0. The summed E-state index contributed by atoms with van der Waals surface area (Å²) in [6.45, 7) is -8.88. The fourth-order valence-corrected chi connectivity index (χ4v) is 1.39. The standard InChI is InChI=1S/C12H22O11/c13-1-3-5(15)7(17)9(19)11(21-3)23-12-10(20)8(18)6(16)4(2-14)22-12/h3-20H,1-2H2/t3-,4-,5-,6-,7+,8+,9-,10-,11+,12+/m1/s1/i1D2,2D2,3D,4D,5D,6D,7D,8D,9D,10D,11D,12D. The molecule has 0 saturated carbocycles. The second kappa shape index (κ2) is 7.63. The molecule has 0 aromatic rings. The minimum Gasteiger partial charge on any atom is -0.394 e. The minimum absolute atomic E-state index is 4.19. The van der Waals surface area contributed by atoms with Crippen LogP contribution in [0.15, 0.2) is 0 Å². The summed E-state index contributed by atoms with van der Waals surface area (Å²) in [5.41, 5.74) is 0. The maximum absolute atomic E-state index is 10.4. The van der Waals surface area contributed by atoms with Crippen molar-refractivity contribution in [3.63, 3.8) is 0 Å². The predicted octanol–water partition coefficient (Wildman–Crippen LogP) is -5.40. The summed E-state index contributed by atoms with van der Waals surface area (Å²) < 4.78 is 119. The van der Waals surface area contributed by atoms with Crippen molar-refractivity contribution in [2.75, 3.05) is 13.1 Å². The molecule has 2 fully saturated rings. The average Bonchev–Trinajstić information content (AvgIpc) is 2.62. The van der Waals surface area contributed by atoms with Crippen LogP contribution in [0.25, 0.3) is 0 Å². The SMILES string of the molecule is [2H]C([2H])(O)[C@@]1([2H])O[C@@]([2H])(O[C@]2([2H])O[C@]([2H])(C([2H])([2H])O)[C@@]([2H])(O)[C@]([2H])(O)[C@@]2([2H])O)[C@]([2H])(O)[C@@]([2H])(O)[C@]1([2H])O. The fourth-order valence-electron chi connectivity index (χ4n) is 1.39. The number of ether oxygens (including phenoxy) is 3. The van der Waals surface area contributed by atoms with Gasteiger partial charge in [0.15, 0.2) is 12.5 Å². The van der Waals surface area contributed by atoms with Crippen LogP contribution in [-0.4, -0.2) is 115 Å². The third kappa shape index (κ3) is 3.65. The Morgan fingerprint density at radius 1 is 0.696 bits per heavy atom. The third-order valence-corrected chi connectivity index (χ3v) is 2.49. The van der Waals surface area contributed by atoms with Gasteiger partial charge < -0.3 is 55.1 Å². The van der Waals surface area contributed by atoms with Crippen LogP contribution in [-0.2, 0) is 14.2 Å². The van der Waals surface area contributed by atoms with Gasteiger partial charge in [0, 0.05) is 0 Å². The Morgan fingerprint density at radius 3 is 1.35 bits per heavy atom. The van der Waals surface area contributed by atoms with Crippen molar-refractivity contribution >= 4 is 0 Å². The van der Waals surface area contributed by atoms with Gasteiger partial charge in [-0.3, -0.25) is 0 Å². The van der Waals surface area contributed by atoms with Crippen LogP contribution >= 0.6 is 0 Å². The lowest BCUT2D eigenvalue weighted by atomic mass is 9.98. The zero-order chi connectivity index (χ0) is 30.1. The van der Waals surface area contributed by atoms with E-state index in [0.717, 1.165) is 0 Å². The molecule has 8 N–H and O–H groups in total. The highest BCUT2D eigenvalue weighted by molar-refractivity contribution is 4.92. The van der Waals surface area contributed by atoms with Gasteiger partial charge in [0.1, 0.15) is 48.6 Å². The first-order valence-electron chi connectivity index (χ1n) is 12.5. The molecule has 0 radical (unpaired) electrons. The second-order valence-electron chi connectivity index (χ2n) is 3.85. The number of hydrogen-bond donors (Lipinski definition) is 8. The summed E-state index contributed by atoms with van der Waals surface area (Å²) in [7, 11) is 0. The van der Waals surface area contributed by atoms with Crippen LogP contribution in [0.1, 0.15) is 19.2 Å². The molecule has 0 aromatic carbocycles. The quantitative estimate of drug-likeness (QED) is 0.240. The van der Waals surface area contributed by atoms with Crippen molar-refractivity contribution < 1.29 is 74.3 Å². The van der Waals surface area contributed by atoms with E-state index >= 15 is 0 Å². The molecule has 11 nitrogen and oxygen atoms in total. The first-order valence-corrected chi connectivity index (χ1v) is 5.51. The molecule has 0 bridgehead atoms. The van der Waals surface area contributed by atoms with E-state index < -0.39 is 74.3 Å². The number of rotatable bonds is 4. The van der Waals surface area contributed by atoms with Crippen molar-refractivity contribution in [2.45, 2.75) is 61.2 Å². The summed E-state index contributed by atoms with van der Waals surface area (Å²) in [6.07, 6.45) is -47.3. The van der Waals surface area contributed by atoms with E-state index in [-0.39, 0.29) is 0 Å². The number of hydrogen-bond acceptors (Lipinski definition) is 11. The molecular formula is C12H22O11. The van der Waals surface area contributed by atoms with E-state index in [1.807, 2.05) is 0 Å². The highest BCUT2D eigenvalue weighted by Crippen LogP contribution is 2.27. The molecule has 0 unspecified atom stereocenters. The number of aliphatic hydroxyl groups is 8. The topological polar surface area (TPSA) is 190 Å². The summed E-state index contributed by atoms with van der Waals surface area (Å²) in [4.78, 5) is 0. The van der Waals surface area contributed by atoms with Crippen LogP contribution in [0.4, 0.5) is 0 Å². The van der Waals surface area contributed by atoms with Crippen LogP contribution in [0.2, 0.25) is 0 Å². The molecular weight excluding hydrogens is 320 g/mol. The largest absolute Gasteiger partial charge is 0.394 e. The van der Waals surface area contributed by atoms with Crippen molar-refractivity contribution in [1.82, 2.24) is 0 Å². The van der Waals surface area contributed by atoms with Crippen LogP contribution in [0.3, 0.4) is 0 Å². The fraction of sp³-hybridized carbons (Fsp3) is 1.00. The van der Waals surface area contributed by atoms with Gasteiger partial charge in [0.25, 0.3) is 0 Å². The molecule has 23 heavy (non-hydrogen) atoms. The Morgan fingerprint density at radius 2 is 1.04 bits per heavy atom. The first-order chi connectivity index (χ1) is 15.6. The molecule has 2 saturated heterocycles. The van der Waals surface area contributed by atoms with Crippen LogP contribution in [0, 0.1) is 0 Å². The van der Waals surface area contributed by atoms with Crippen molar-refractivity contribution in [2.24, 2.45) is 0 Å². The van der Waals surface area contributed by atoms with Gasteiger partial charge in [-0.15, -0.1) is 0 Å². The molecule has 10 atom stereocenters. The average molecular weight is 356 g/mol. The van der Waals surface area contributed by atoms with Crippen molar-refractivity contribution in [1.29, 1.82) is 0 Å². The van der Waals surface area contributed by atoms with Gasteiger partial charge in [-0.05, 0) is 0 Å². The lowest BCUT2D eigenvalue weighted by Gasteiger charge is -2.44. The van der Waals surface area contributed by atoms with Gasteiger partial charge in [0.05, 0.1) is 32.3 Å². The van der Waals surface area contributed by atoms with Gasteiger partial charge in [0.2, 0.25) is 0 Å². The van der Waals surface area contributed by atoms with Gasteiger partial charge in [-0.1, -0.05) is 0 Å². The molecule has 11 heteroatoms. The van der Waals surface area contributed by atoms with Gasteiger partial charge in [-0.2, -0.15) is 0 Å². The maximum Gasteiger partial charge on any atom is 0.189 e. The highest BCUT2D eigenvalue weighted by Gasteiger charge is 2.49. The zero-order valence-electron chi connectivity index (χ0n) is 24.8. The van der Waals surface area contributed by atoms with E-state index in [9.17, 15) is 40.9 Å². The summed E-state index contributed by atoms with van der Waals surface area (Å²) in [6, 6.07) is 0. The third-order valence-electron chi connectivity index (χ3n) is 2.49. The lowest BCUT2D eigenvalue weighted by Crippen LogP contribution is -2.63. The first kappa shape index (κ1) is 7.43. The Balaban J connectivity index is 2.89. The Bertz CT molecular complexity index is 876. The molecule has 2 aliphatic rings. The predicted molar refractivity (Wildman–Crippen MR) is 68.6 cm³/mol.